The van der Waals surface area contributed by atoms with Gasteiger partial charge in [-0.2, -0.15) is 17.5 Å². The number of benzene rings is 4. The molecule has 1 heterocycles. The fourth-order valence-electron chi connectivity index (χ4n) is 4.85. The van der Waals surface area contributed by atoms with E-state index in [0.717, 1.165) is 27.6 Å². The van der Waals surface area contributed by atoms with Crippen molar-refractivity contribution in [2.24, 2.45) is 0 Å². The standard InChI is InChI=1S/C33H26F3NO5S/c1-21-10-13-25-6-3-4-9-29(25)31(21)43(40,41)37(20-28-16-17-30(42-28)33(34,35)36)19-23-11-14-24(15-12-23)27-8-5-7-26(18-27)22(2)32(38)39/h3-18H,2,19-20H2,1H3,(H,38,39). The Morgan fingerprint density at radius 3 is 2.28 bits per heavy atom. The summed E-state index contributed by atoms with van der Waals surface area (Å²) in [6, 6.07) is 26.3. The van der Waals surface area contributed by atoms with E-state index in [1.807, 2.05) is 12.1 Å². The molecule has 0 amide bonds. The molecule has 5 aromatic rings. The maximum absolute atomic E-state index is 14.2. The fraction of sp³-hybridized carbons (Fsp3) is 0.121. The molecule has 0 saturated carbocycles. The Kier molecular flexibility index (Phi) is 8.00. The quantitative estimate of drug-likeness (QED) is 0.173. The largest absolute Gasteiger partial charge is 0.478 e. The Bertz CT molecular complexity index is 1940. The highest BCUT2D eigenvalue weighted by Crippen LogP contribution is 2.34. The van der Waals surface area contributed by atoms with Crippen molar-refractivity contribution in [3.63, 3.8) is 0 Å². The Morgan fingerprint density at radius 1 is 0.884 bits per heavy atom. The lowest BCUT2D eigenvalue weighted by molar-refractivity contribution is -0.153. The number of carboxylic acids is 1. The number of nitrogens with zero attached hydrogens (tertiary/aromatic N) is 1. The third kappa shape index (κ3) is 6.25. The Hall–Kier alpha value is -4.67. The van der Waals surface area contributed by atoms with Gasteiger partial charge in [-0.15, -0.1) is 0 Å². The van der Waals surface area contributed by atoms with Crippen LogP contribution in [-0.2, 0) is 34.1 Å². The Labute approximate surface area is 246 Å². The smallest absolute Gasteiger partial charge is 0.449 e. The summed E-state index contributed by atoms with van der Waals surface area (Å²) < 4.78 is 74.3. The van der Waals surface area contributed by atoms with E-state index in [1.54, 1.807) is 79.7 Å². The summed E-state index contributed by atoms with van der Waals surface area (Å²) in [5.41, 5.74) is 2.97. The number of sulfonamides is 1. The van der Waals surface area contributed by atoms with Gasteiger partial charge in [-0.3, -0.25) is 0 Å². The van der Waals surface area contributed by atoms with Crippen molar-refractivity contribution < 1.29 is 35.9 Å². The first-order valence-corrected chi connectivity index (χ1v) is 14.5. The van der Waals surface area contributed by atoms with Crippen LogP contribution in [0.4, 0.5) is 13.2 Å². The summed E-state index contributed by atoms with van der Waals surface area (Å²) in [6.07, 6.45) is -4.71. The normalized spacial score (nSPS) is 12.1. The number of carbonyl (C=O) groups is 1. The van der Waals surface area contributed by atoms with Crippen molar-refractivity contribution in [1.82, 2.24) is 4.31 Å². The number of hydrogen-bond acceptors (Lipinski definition) is 4. The van der Waals surface area contributed by atoms with E-state index in [1.165, 1.54) is 0 Å². The SMILES string of the molecule is C=C(C(=O)O)c1cccc(-c2ccc(CN(Cc3ccc(C(F)(F)F)o3)S(=O)(=O)c3c(C)ccc4ccccc34)cc2)c1. The van der Waals surface area contributed by atoms with Gasteiger partial charge in [-0.05, 0) is 58.3 Å². The highest BCUT2D eigenvalue weighted by molar-refractivity contribution is 7.89. The van der Waals surface area contributed by atoms with Crippen LogP contribution in [0.2, 0.25) is 0 Å². The van der Waals surface area contributed by atoms with Gasteiger partial charge in [0.05, 0.1) is 17.0 Å². The van der Waals surface area contributed by atoms with E-state index >= 15 is 0 Å². The third-order valence-corrected chi connectivity index (χ3v) is 9.06. The Balaban J connectivity index is 1.52. The van der Waals surface area contributed by atoms with Crippen molar-refractivity contribution in [1.29, 1.82) is 0 Å². The molecule has 4 aromatic carbocycles. The molecule has 1 aromatic heterocycles. The van der Waals surface area contributed by atoms with Crippen LogP contribution in [0.3, 0.4) is 0 Å². The number of alkyl halides is 3. The summed E-state index contributed by atoms with van der Waals surface area (Å²) in [5, 5.41) is 10.5. The van der Waals surface area contributed by atoms with Crippen molar-refractivity contribution in [2.45, 2.75) is 31.1 Å². The van der Waals surface area contributed by atoms with Crippen LogP contribution < -0.4 is 0 Å². The number of furan rings is 1. The van der Waals surface area contributed by atoms with E-state index in [9.17, 15) is 31.5 Å². The Morgan fingerprint density at radius 2 is 1.60 bits per heavy atom. The highest BCUT2D eigenvalue weighted by atomic mass is 32.2. The molecule has 0 aliphatic rings. The van der Waals surface area contributed by atoms with Gasteiger partial charge in [0.2, 0.25) is 15.8 Å². The molecule has 0 unspecified atom stereocenters. The van der Waals surface area contributed by atoms with E-state index in [-0.39, 0.29) is 22.8 Å². The summed E-state index contributed by atoms with van der Waals surface area (Å²) in [7, 11) is -4.24. The molecule has 0 radical (unpaired) electrons. The second kappa shape index (κ2) is 11.5. The second-order valence-corrected chi connectivity index (χ2v) is 11.9. The van der Waals surface area contributed by atoms with E-state index in [4.69, 9.17) is 4.42 Å². The molecular weight excluding hydrogens is 579 g/mol. The predicted octanol–water partition coefficient (Wildman–Crippen LogP) is 7.92. The van der Waals surface area contributed by atoms with Crippen LogP contribution in [0, 0.1) is 6.92 Å². The van der Waals surface area contributed by atoms with Crippen LogP contribution in [0.1, 0.15) is 28.2 Å². The number of halogens is 3. The van der Waals surface area contributed by atoms with Gasteiger partial charge < -0.3 is 9.52 Å². The number of aliphatic carboxylic acids is 1. The van der Waals surface area contributed by atoms with Crippen LogP contribution in [0.5, 0.6) is 0 Å². The molecule has 220 valence electrons. The molecule has 6 nitrogen and oxygen atoms in total. The average Bonchev–Trinajstić information content (AvgIpc) is 3.46. The minimum atomic E-state index is -4.71. The lowest BCUT2D eigenvalue weighted by Gasteiger charge is -2.24. The molecule has 0 spiro atoms. The van der Waals surface area contributed by atoms with Crippen LogP contribution >= 0.6 is 0 Å². The number of carboxylic acid groups (broad SMARTS) is 1. The van der Waals surface area contributed by atoms with Gasteiger partial charge in [0.25, 0.3) is 0 Å². The van der Waals surface area contributed by atoms with Crippen molar-refractivity contribution in [3.05, 3.63) is 132 Å². The first-order valence-electron chi connectivity index (χ1n) is 13.1. The zero-order chi connectivity index (χ0) is 30.9. The molecule has 0 bridgehead atoms. The average molecular weight is 606 g/mol. The van der Waals surface area contributed by atoms with Crippen molar-refractivity contribution in [2.75, 3.05) is 0 Å². The first kappa shape index (κ1) is 29.8. The molecule has 0 aliphatic carbocycles. The molecule has 0 saturated heterocycles. The summed E-state index contributed by atoms with van der Waals surface area (Å²) in [4.78, 5) is 11.4. The van der Waals surface area contributed by atoms with Crippen molar-refractivity contribution in [3.8, 4) is 11.1 Å². The summed E-state index contributed by atoms with van der Waals surface area (Å²) in [5.74, 6) is -2.49. The van der Waals surface area contributed by atoms with Gasteiger partial charge in [0, 0.05) is 11.9 Å². The number of rotatable bonds is 9. The van der Waals surface area contributed by atoms with Gasteiger partial charge >= 0.3 is 12.1 Å². The van der Waals surface area contributed by atoms with Crippen LogP contribution in [0.25, 0.3) is 27.5 Å². The van der Waals surface area contributed by atoms with Gasteiger partial charge in [0.15, 0.2) is 0 Å². The van der Waals surface area contributed by atoms with Gasteiger partial charge in [-0.25, -0.2) is 13.2 Å². The zero-order valence-electron chi connectivity index (χ0n) is 22.9. The molecule has 0 aliphatic heterocycles. The minimum absolute atomic E-state index is 0.0466. The molecule has 5 rings (SSSR count). The number of aryl methyl sites for hydroxylation is 1. The monoisotopic (exact) mass is 605 g/mol. The molecule has 0 fully saturated rings. The minimum Gasteiger partial charge on any atom is -0.478 e. The number of fused-ring (bicyclic) bond motifs is 1. The maximum atomic E-state index is 14.2. The zero-order valence-corrected chi connectivity index (χ0v) is 23.7. The van der Waals surface area contributed by atoms with Gasteiger partial charge in [0.1, 0.15) is 5.76 Å². The first-order chi connectivity index (χ1) is 20.3. The third-order valence-electron chi connectivity index (χ3n) is 7.06. The van der Waals surface area contributed by atoms with Crippen LogP contribution in [-0.4, -0.2) is 23.8 Å². The maximum Gasteiger partial charge on any atom is 0.449 e. The van der Waals surface area contributed by atoms with E-state index < -0.39 is 34.5 Å². The molecule has 43 heavy (non-hydrogen) atoms. The topological polar surface area (TPSA) is 87.8 Å². The lowest BCUT2D eigenvalue weighted by atomic mass is 9.99. The molecular formula is C33H26F3NO5S. The van der Waals surface area contributed by atoms with E-state index in [0.29, 0.717) is 27.5 Å². The number of hydrogen-bond donors (Lipinski definition) is 1. The predicted molar refractivity (Wildman–Crippen MR) is 157 cm³/mol. The summed E-state index contributed by atoms with van der Waals surface area (Å²) >= 11 is 0. The molecule has 10 heteroatoms. The molecule has 0 atom stereocenters. The van der Waals surface area contributed by atoms with Crippen molar-refractivity contribution >= 4 is 32.3 Å². The van der Waals surface area contributed by atoms with Crippen LogP contribution in [0.15, 0.2) is 113 Å². The lowest BCUT2D eigenvalue weighted by Crippen LogP contribution is -2.31. The molecule has 1 N–H and O–H groups in total. The van der Waals surface area contributed by atoms with Gasteiger partial charge in [-0.1, -0.05) is 85.4 Å². The summed E-state index contributed by atoms with van der Waals surface area (Å²) in [6.45, 7) is 4.69. The second-order valence-electron chi connectivity index (χ2n) is 10.0. The van der Waals surface area contributed by atoms with E-state index in [2.05, 4.69) is 6.58 Å². The fourth-order valence-corrected chi connectivity index (χ4v) is 6.67. The highest BCUT2D eigenvalue weighted by Gasteiger charge is 2.36.